The number of aliphatic hydroxyl groups excluding tert-OH is 1. The van der Waals surface area contributed by atoms with E-state index in [2.05, 4.69) is 4.98 Å². The third-order valence-electron chi connectivity index (χ3n) is 2.44. The maximum Gasteiger partial charge on any atom is 0.433 e. The van der Waals surface area contributed by atoms with Crippen molar-refractivity contribution in [2.24, 2.45) is 0 Å². The molecule has 0 aliphatic heterocycles. The molecule has 2 nitrogen and oxygen atoms in total. The number of hydrogen-bond acceptors (Lipinski definition) is 3. The molecule has 0 saturated carbocycles. The Morgan fingerprint density at radius 3 is 2.25 bits per heavy atom. The minimum atomic E-state index is -4.60. The molecule has 0 fully saturated rings. The molecule has 1 atom stereocenters. The van der Waals surface area contributed by atoms with Crippen LogP contribution >= 0.6 is 46.1 Å². The Balaban J connectivity index is 2.41. The van der Waals surface area contributed by atoms with Crippen LogP contribution < -0.4 is 0 Å². The van der Waals surface area contributed by atoms with Crippen LogP contribution in [-0.4, -0.2) is 10.1 Å². The van der Waals surface area contributed by atoms with Crippen molar-refractivity contribution >= 4 is 46.1 Å². The summed E-state index contributed by atoms with van der Waals surface area (Å²) in [6, 6.07) is 3.23. The van der Waals surface area contributed by atoms with E-state index in [1.165, 1.54) is 6.07 Å². The summed E-state index contributed by atoms with van der Waals surface area (Å²) in [5.41, 5.74) is -0.839. The monoisotopic (exact) mass is 361 g/mol. The van der Waals surface area contributed by atoms with E-state index < -0.39 is 23.1 Å². The van der Waals surface area contributed by atoms with Crippen LogP contribution in [0.1, 0.15) is 22.9 Å². The van der Waals surface area contributed by atoms with Crippen molar-refractivity contribution in [3.8, 4) is 0 Å². The van der Waals surface area contributed by atoms with Gasteiger partial charge in [0.15, 0.2) is 0 Å². The van der Waals surface area contributed by atoms with Gasteiger partial charge in [-0.3, -0.25) is 0 Å². The lowest BCUT2D eigenvalue weighted by atomic mass is 10.1. The van der Waals surface area contributed by atoms with Crippen molar-refractivity contribution < 1.29 is 18.3 Å². The van der Waals surface area contributed by atoms with E-state index in [0.29, 0.717) is 4.34 Å². The summed E-state index contributed by atoms with van der Waals surface area (Å²) >= 11 is 18.4. The van der Waals surface area contributed by atoms with Crippen molar-refractivity contribution in [2.75, 3.05) is 0 Å². The molecule has 2 rings (SSSR count). The van der Waals surface area contributed by atoms with Crippen LogP contribution in [0.2, 0.25) is 13.8 Å². The SMILES string of the molecule is OC(c1ccc(C(F)(F)F)nc1Cl)c1cc(Cl)sc1Cl. The van der Waals surface area contributed by atoms with E-state index in [-0.39, 0.29) is 15.5 Å². The second-order valence-electron chi connectivity index (χ2n) is 3.76. The van der Waals surface area contributed by atoms with Gasteiger partial charge >= 0.3 is 6.18 Å². The molecule has 0 bridgehead atoms. The molecular formula is C11H5Cl3F3NOS. The minimum absolute atomic E-state index is 0.0241. The van der Waals surface area contributed by atoms with E-state index >= 15 is 0 Å². The second kappa shape index (κ2) is 5.69. The summed E-state index contributed by atoms with van der Waals surface area (Å²) in [4.78, 5) is 3.24. The first-order chi connectivity index (χ1) is 9.20. The molecule has 108 valence electrons. The lowest BCUT2D eigenvalue weighted by Gasteiger charge is -2.13. The molecule has 0 aliphatic carbocycles. The fourth-order valence-corrected chi connectivity index (χ4v) is 3.29. The van der Waals surface area contributed by atoms with Crippen LogP contribution in [-0.2, 0) is 6.18 Å². The zero-order chi connectivity index (χ0) is 15.1. The van der Waals surface area contributed by atoms with E-state index in [0.717, 1.165) is 23.5 Å². The molecule has 0 radical (unpaired) electrons. The van der Waals surface area contributed by atoms with E-state index in [1.807, 2.05) is 0 Å². The minimum Gasteiger partial charge on any atom is -0.383 e. The van der Waals surface area contributed by atoms with Crippen molar-refractivity contribution in [1.82, 2.24) is 4.98 Å². The summed E-state index contributed by atoms with van der Waals surface area (Å²) in [5.74, 6) is 0. The lowest BCUT2D eigenvalue weighted by molar-refractivity contribution is -0.141. The maximum absolute atomic E-state index is 12.5. The number of hydrogen-bond donors (Lipinski definition) is 1. The summed E-state index contributed by atoms with van der Waals surface area (Å²) in [7, 11) is 0. The van der Waals surface area contributed by atoms with E-state index in [9.17, 15) is 18.3 Å². The van der Waals surface area contributed by atoms with Gasteiger partial charge in [0, 0.05) is 11.1 Å². The van der Waals surface area contributed by atoms with Crippen LogP contribution in [0.5, 0.6) is 0 Å². The van der Waals surface area contributed by atoms with Crippen LogP contribution in [0.25, 0.3) is 0 Å². The van der Waals surface area contributed by atoms with Gasteiger partial charge in [0.1, 0.15) is 21.3 Å². The summed E-state index contributed by atoms with van der Waals surface area (Å²) < 4.78 is 38.0. The Hall–Kier alpha value is -0.530. The fourth-order valence-electron chi connectivity index (χ4n) is 1.51. The highest BCUT2D eigenvalue weighted by Crippen LogP contribution is 2.39. The number of aromatic nitrogens is 1. The van der Waals surface area contributed by atoms with Crippen molar-refractivity contribution in [3.63, 3.8) is 0 Å². The summed E-state index contributed by atoms with van der Waals surface area (Å²) in [5, 5.41) is 9.68. The van der Waals surface area contributed by atoms with Gasteiger partial charge in [-0.2, -0.15) is 13.2 Å². The second-order valence-corrected chi connectivity index (χ2v) is 6.40. The largest absolute Gasteiger partial charge is 0.433 e. The average Bonchev–Trinajstić information content (AvgIpc) is 2.66. The predicted molar refractivity (Wildman–Crippen MR) is 72.6 cm³/mol. The van der Waals surface area contributed by atoms with Gasteiger partial charge in [-0.1, -0.05) is 40.9 Å². The molecule has 0 aromatic carbocycles. The highest BCUT2D eigenvalue weighted by molar-refractivity contribution is 7.20. The number of alkyl halides is 3. The Morgan fingerprint density at radius 1 is 1.15 bits per heavy atom. The molecule has 9 heteroatoms. The van der Waals surface area contributed by atoms with E-state index in [4.69, 9.17) is 34.8 Å². The molecule has 0 saturated heterocycles. The molecule has 0 spiro atoms. The molecular weight excluding hydrogens is 358 g/mol. The molecule has 2 aromatic heterocycles. The van der Waals surface area contributed by atoms with Crippen LogP contribution in [0.4, 0.5) is 13.2 Å². The molecule has 2 heterocycles. The standard InChI is InChI=1S/C11H5Cl3F3NOS/c12-7-3-5(10(14)20-7)8(19)4-1-2-6(11(15,16)17)18-9(4)13/h1-3,8,19H. The molecule has 1 unspecified atom stereocenters. The summed E-state index contributed by atoms with van der Waals surface area (Å²) in [6.45, 7) is 0. The number of pyridine rings is 1. The van der Waals surface area contributed by atoms with Crippen molar-refractivity contribution in [3.05, 3.63) is 48.8 Å². The van der Waals surface area contributed by atoms with Gasteiger partial charge in [0.05, 0.1) is 4.34 Å². The third kappa shape index (κ3) is 3.20. The number of rotatable bonds is 2. The van der Waals surface area contributed by atoms with Crippen molar-refractivity contribution in [1.29, 1.82) is 0 Å². The highest BCUT2D eigenvalue weighted by Gasteiger charge is 2.33. The van der Waals surface area contributed by atoms with Crippen molar-refractivity contribution in [2.45, 2.75) is 12.3 Å². The Labute approximate surface area is 130 Å². The number of nitrogens with zero attached hydrogens (tertiary/aromatic N) is 1. The van der Waals surface area contributed by atoms with E-state index in [1.54, 1.807) is 0 Å². The lowest BCUT2D eigenvalue weighted by Crippen LogP contribution is -2.10. The summed E-state index contributed by atoms with van der Waals surface area (Å²) in [6.07, 6.45) is -5.90. The van der Waals surface area contributed by atoms with Gasteiger partial charge < -0.3 is 5.11 Å². The first kappa shape index (κ1) is 15.9. The Kier molecular flexibility index (Phi) is 4.51. The Bertz CT molecular complexity index is 644. The maximum atomic E-state index is 12.5. The van der Waals surface area contributed by atoms with Gasteiger partial charge in [-0.25, -0.2) is 4.98 Å². The zero-order valence-corrected chi connectivity index (χ0v) is 12.5. The van der Waals surface area contributed by atoms with Gasteiger partial charge in [0.25, 0.3) is 0 Å². The number of halogens is 6. The van der Waals surface area contributed by atoms with Crippen LogP contribution in [0.15, 0.2) is 18.2 Å². The first-order valence-electron chi connectivity index (χ1n) is 5.06. The highest BCUT2D eigenvalue weighted by atomic mass is 35.5. The molecule has 1 N–H and O–H groups in total. The number of aliphatic hydroxyl groups is 1. The Morgan fingerprint density at radius 2 is 1.80 bits per heavy atom. The fraction of sp³-hybridized carbons (Fsp3) is 0.182. The van der Waals surface area contributed by atoms with Gasteiger partial charge in [-0.15, -0.1) is 11.3 Å². The first-order valence-corrected chi connectivity index (χ1v) is 7.01. The molecule has 0 amide bonds. The molecule has 2 aromatic rings. The molecule has 20 heavy (non-hydrogen) atoms. The quantitative estimate of drug-likeness (QED) is 0.745. The smallest absolute Gasteiger partial charge is 0.383 e. The van der Waals surface area contributed by atoms with Crippen LogP contribution in [0.3, 0.4) is 0 Å². The zero-order valence-electron chi connectivity index (χ0n) is 9.38. The average molecular weight is 363 g/mol. The van der Waals surface area contributed by atoms with Crippen LogP contribution in [0, 0.1) is 0 Å². The number of thiophene rings is 1. The normalized spacial score (nSPS) is 13.6. The predicted octanol–water partition coefficient (Wildman–Crippen LogP) is 5.20. The molecule has 0 aliphatic rings. The topological polar surface area (TPSA) is 33.1 Å². The van der Waals surface area contributed by atoms with Gasteiger partial charge in [-0.05, 0) is 12.1 Å². The third-order valence-corrected chi connectivity index (χ3v) is 4.26. The van der Waals surface area contributed by atoms with Gasteiger partial charge in [0.2, 0.25) is 0 Å².